The minimum atomic E-state index is -3.67. The summed E-state index contributed by atoms with van der Waals surface area (Å²) in [5.41, 5.74) is 0. The largest absolute Gasteiger partial charge is 0.465 e. The van der Waals surface area contributed by atoms with E-state index in [1.807, 2.05) is 0 Å². The summed E-state index contributed by atoms with van der Waals surface area (Å²) in [5.74, 6) is -0.566. The summed E-state index contributed by atoms with van der Waals surface area (Å²) in [6.07, 6.45) is 0. The Labute approximate surface area is 136 Å². The van der Waals surface area contributed by atoms with Crippen LogP contribution in [0.2, 0.25) is 0 Å². The number of hydrogen-bond donors (Lipinski definition) is 2. The van der Waals surface area contributed by atoms with Crippen molar-refractivity contribution in [3.05, 3.63) is 14.7 Å². The Morgan fingerprint density at radius 1 is 1.33 bits per heavy atom. The zero-order chi connectivity index (χ0) is 15.9. The number of hydrogen-bond acceptors (Lipinski definition) is 7. The fourth-order valence-electron chi connectivity index (χ4n) is 1.39. The Morgan fingerprint density at radius 3 is 2.67 bits per heavy atom. The first-order chi connectivity index (χ1) is 9.92. The Balaban J connectivity index is 2.62. The topological polar surface area (TPSA) is 93.7 Å². The monoisotopic (exact) mass is 400 g/mol. The van der Waals surface area contributed by atoms with Gasteiger partial charge in [0.15, 0.2) is 0 Å². The molecule has 2 N–H and O–H groups in total. The summed E-state index contributed by atoms with van der Waals surface area (Å²) in [6.45, 7) is 1.92. The molecule has 1 aromatic heterocycles. The zero-order valence-electron chi connectivity index (χ0n) is 11.6. The minimum Gasteiger partial charge on any atom is -0.465 e. The van der Waals surface area contributed by atoms with Gasteiger partial charge in [-0.3, -0.25) is 0 Å². The van der Waals surface area contributed by atoms with Crippen LogP contribution in [0, 0.1) is 0 Å². The lowest BCUT2D eigenvalue weighted by Gasteiger charge is -2.06. The molecule has 0 spiro atoms. The highest BCUT2D eigenvalue weighted by Crippen LogP contribution is 2.31. The number of methoxy groups -OCH3 is 2. The third-order valence-electron chi connectivity index (χ3n) is 2.41. The van der Waals surface area contributed by atoms with Crippen LogP contribution in [-0.2, 0) is 19.5 Å². The third kappa shape index (κ3) is 5.64. The van der Waals surface area contributed by atoms with Gasteiger partial charge in [0.25, 0.3) is 0 Å². The lowest BCUT2D eigenvalue weighted by Crippen LogP contribution is -2.33. The molecule has 0 amide bonds. The average Bonchev–Trinajstić information content (AvgIpc) is 2.84. The first-order valence-electron chi connectivity index (χ1n) is 5.99. The van der Waals surface area contributed by atoms with E-state index in [1.54, 1.807) is 7.11 Å². The molecule has 0 aliphatic heterocycles. The lowest BCUT2D eigenvalue weighted by molar-refractivity contribution is 0.0606. The number of rotatable bonds is 9. The van der Waals surface area contributed by atoms with Crippen molar-refractivity contribution < 1.29 is 22.7 Å². The van der Waals surface area contributed by atoms with Crippen molar-refractivity contribution in [3.8, 4) is 0 Å². The van der Waals surface area contributed by atoms with Crippen LogP contribution in [0.15, 0.2) is 14.7 Å². The van der Waals surface area contributed by atoms with Gasteiger partial charge in [-0.25, -0.2) is 17.9 Å². The number of nitrogens with one attached hydrogen (secondary N) is 2. The van der Waals surface area contributed by atoms with E-state index < -0.39 is 16.0 Å². The molecule has 0 radical (unpaired) electrons. The Hall–Kier alpha value is -0.520. The van der Waals surface area contributed by atoms with E-state index >= 15 is 0 Å². The van der Waals surface area contributed by atoms with Crippen LogP contribution < -0.4 is 10.0 Å². The fourth-order valence-corrected chi connectivity index (χ4v) is 4.90. The Morgan fingerprint density at radius 2 is 2.05 bits per heavy atom. The smallest absolute Gasteiger partial charge is 0.348 e. The fraction of sp³-hybridized carbons (Fsp3) is 0.545. The molecule has 0 atom stereocenters. The highest BCUT2D eigenvalue weighted by atomic mass is 79.9. The second kappa shape index (κ2) is 8.81. The highest BCUT2D eigenvalue weighted by Gasteiger charge is 2.23. The van der Waals surface area contributed by atoms with Gasteiger partial charge in [0.2, 0.25) is 10.0 Å². The van der Waals surface area contributed by atoms with Crippen LogP contribution in [-0.4, -0.2) is 54.8 Å². The molecule has 0 bridgehead atoms. The standard InChI is InChI=1S/C11H17BrN2O5S2/c1-18-6-5-13-3-4-14-21(16,17)9-7-8(11(15)19-2)20-10(9)12/h7,13-14H,3-6H2,1-2H3. The van der Waals surface area contributed by atoms with Crippen LogP contribution in [0.5, 0.6) is 0 Å². The van der Waals surface area contributed by atoms with Crippen LogP contribution >= 0.6 is 27.3 Å². The molecular weight excluding hydrogens is 384 g/mol. The van der Waals surface area contributed by atoms with Crippen LogP contribution in [0.1, 0.15) is 9.67 Å². The second-order valence-corrected chi connectivity index (χ2v) is 7.99. The quantitative estimate of drug-likeness (QED) is 0.470. The predicted molar refractivity (Wildman–Crippen MR) is 83.3 cm³/mol. The molecule has 0 aliphatic carbocycles. The van der Waals surface area contributed by atoms with E-state index in [0.717, 1.165) is 11.3 Å². The third-order valence-corrected chi connectivity index (χ3v) is 6.10. The van der Waals surface area contributed by atoms with Crippen molar-refractivity contribution in [2.45, 2.75) is 4.90 Å². The van der Waals surface area contributed by atoms with Gasteiger partial charge < -0.3 is 14.8 Å². The maximum Gasteiger partial charge on any atom is 0.348 e. The van der Waals surface area contributed by atoms with Gasteiger partial charge in [-0.1, -0.05) is 0 Å². The van der Waals surface area contributed by atoms with Crippen molar-refractivity contribution in [2.75, 3.05) is 40.5 Å². The second-order valence-electron chi connectivity index (χ2n) is 3.88. The number of esters is 1. The van der Waals surface area contributed by atoms with Gasteiger partial charge in [-0.2, -0.15) is 0 Å². The van der Waals surface area contributed by atoms with Gasteiger partial charge >= 0.3 is 5.97 Å². The maximum absolute atomic E-state index is 12.1. The van der Waals surface area contributed by atoms with Crippen molar-refractivity contribution in [3.63, 3.8) is 0 Å². The summed E-state index contributed by atoms with van der Waals surface area (Å²) in [5, 5.41) is 3.02. The van der Waals surface area contributed by atoms with Gasteiger partial charge in [-0.05, 0) is 22.0 Å². The summed E-state index contributed by atoms with van der Waals surface area (Å²) in [7, 11) is -0.831. The number of carbonyl (C=O) groups is 1. The summed E-state index contributed by atoms with van der Waals surface area (Å²) in [4.78, 5) is 11.7. The van der Waals surface area contributed by atoms with Gasteiger partial charge in [-0.15, -0.1) is 11.3 Å². The number of sulfonamides is 1. The number of carbonyl (C=O) groups excluding carboxylic acids is 1. The average molecular weight is 401 g/mol. The molecular formula is C11H17BrN2O5S2. The van der Waals surface area contributed by atoms with Crippen molar-refractivity contribution >= 4 is 43.3 Å². The van der Waals surface area contributed by atoms with Crippen LogP contribution in [0.25, 0.3) is 0 Å². The highest BCUT2D eigenvalue weighted by molar-refractivity contribution is 9.11. The van der Waals surface area contributed by atoms with E-state index in [-0.39, 0.29) is 16.3 Å². The van der Waals surface area contributed by atoms with Crippen molar-refractivity contribution in [1.82, 2.24) is 10.0 Å². The van der Waals surface area contributed by atoms with Gasteiger partial charge in [0.05, 0.1) is 17.5 Å². The molecule has 1 aromatic rings. The molecule has 0 aromatic carbocycles. The Bertz CT molecular complexity index is 573. The number of thiophene rings is 1. The molecule has 1 heterocycles. The zero-order valence-corrected chi connectivity index (χ0v) is 14.9. The van der Waals surface area contributed by atoms with Gasteiger partial charge in [0.1, 0.15) is 9.77 Å². The molecule has 10 heteroatoms. The first-order valence-corrected chi connectivity index (χ1v) is 9.08. The summed E-state index contributed by atoms with van der Waals surface area (Å²) >= 11 is 4.17. The summed E-state index contributed by atoms with van der Waals surface area (Å²) in [6, 6.07) is 1.29. The molecule has 1 rings (SSSR count). The molecule has 0 unspecified atom stereocenters. The maximum atomic E-state index is 12.1. The first kappa shape index (κ1) is 18.5. The van der Waals surface area contributed by atoms with Crippen LogP contribution in [0.4, 0.5) is 0 Å². The lowest BCUT2D eigenvalue weighted by atomic mass is 10.5. The number of halogens is 1. The SMILES string of the molecule is COCCNCCNS(=O)(=O)c1cc(C(=O)OC)sc1Br. The van der Waals surface area contributed by atoms with E-state index in [4.69, 9.17) is 4.74 Å². The molecule has 21 heavy (non-hydrogen) atoms. The van der Waals surface area contributed by atoms with Crippen LogP contribution in [0.3, 0.4) is 0 Å². The van der Waals surface area contributed by atoms with Crippen molar-refractivity contribution in [2.24, 2.45) is 0 Å². The minimum absolute atomic E-state index is 0.0322. The molecule has 120 valence electrons. The normalized spacial score (nSPS) is 11.6. The molecule has 0 aliphatic rings. The number of ether oxygens (including phenoxy) is 2. The molecule has 0 fully saturated rings. The van der Waals surface area contributed by atoms with E-state index in [2.05, 4.69) is 30.7 Å². The van der Waals surface area contributed by atoms with Crippen molar-refractivity contribution in [1.29, 1.82) is 0 Å². The van der Waals surface area contributed by atoms with Gasteiger partial charge in [0, 0.05) is 26.7 Å². The molecule has 0 saturated carbocycles. The summed E-state index contributed by atoms with van der Waals surface area (Å²) < 4.78 is 36.5. The van der Waals surface area contributed by atoms with E-state index in [0.29, 0.717) is 23.5 Å². The molecule has 7 nitrogen and oxygen atoms in total. The Kier molecular flexibility index (Phi) is 7.77. The van der Waals surface area contributed by atoms with E-state index in [1.165, 1.54) is 13.2 Å². The predicted octanol–water partition coefficient (Wildman–Crippen LogP) is 0.811. The molecule has 0 saturated heterocycles. The van der Waals surface area contributed by atoms with E-state index in [9.17, 15) is 13.2 Å².